The first kappa shape index (κ1) is 12.4. The van der Waals surface area contributed by atoms with Gasteiger partial charge in [-0.25, -0.2) is 9.97 Å². The van der Waals surface area contributed by atoms with Crippen LogP contribution in [0.25, 0.3) is 11.0 Å². The van der Waals surface area contributed by atoms with Crippen LogP contribution in [0.4, 0.5) is 5.82 Å². The standard InChI is InChI=1S/C13H10ClN5O/c14-10-2-1-4-15-12(10)18-19-13(20)9-6-8-3-5-16-11(8)17-7-9/h1-7H,(H,15,18)(H,16,17)(H,19,20). The summed E-state index contributed by atoms with van der Waals surface area (Å²) in [7, 11) is 0. The number of anilines is 1. The van der Waals surface area contributed by atoms with E-state index in [2.05, 4.69) is 25.8 Å². The lowest BCUT2D eigenvalue weighted by Crippen LogP contribution is -2.30. The third kappa shape index (κ3) is 2.41. The maximum atomic E-state index is 12.0. The van der Waals surface area contributed by atoms with Crippen LogP contribution in [0.3, 0.4) is 0 Å². The molecule has 0 atom stereocenters. The second kappa shape index (κ2) is 5.18. The molecular formula is C13H10ClN5O. The average Bonchev–Trinajstić information content (AvgIpc) is 2.93. The first-order valence-corrected chi connectivity index (χ1v) is 6.22. The first-order chi connectivity index (χ1) is 9.74. The maximum Gasteiger partial charge on any atom is 0.271 e. The van der Waals surface area contributed by atoms with E-state index >= 15 is 0 Å². The predicted molar refractivity (Wildman–Crippen MR) is 76.4 cm³/mol. The molecule has 0 aromatic carbocycles. The van der Waals surface area contributed by atoms with Gasteiger partial charge in [0.2, 0.25) is 0 Å². The maximum absolute atomic E-state index is 12.0. The Balaban J connectivity index is 1.74. The van der Waals surface area contributed by atoms with E-state index in [1.807, 2.05) is 6.07 Å². The molecule has 0 saturated heterocycles. The molecule has 3 aromatic rings. The smallest absolute Gasteiger partial charge is 0.271 e. The number of hydrogen-bond acceptors (Lipinski definition) is 4. The minimum absolute atomic E-state index is 0.317. The molecule has 0 aliphatic heterocycles. The number of halogens is 1. The van der Waals surface area contributed by atoms with E-state index in [-0.39, 0.29) is 5.91 Å². The van der Waals surface area contributed by atoms with Gasteiger partial charge in [0.05, 0.1) is 10.6 Å². The quantitative estimate of drug-likeness (QED) is 0.646. The summed E-state index contributed by atoms with van der Waals surface area (Å²) in [5.74, 6) is 0.0699. The van der Waals surface area contributed by atoms with Gasteiger partial charge in [0.15, 0.2) is 5.82 Å². The highest BCUT2D eigenvalue weighted by molar-refractivity contribution is 6.32. The molecular weight excluding hydrogens is 278 g/mol. The number of hydrogen-bond donors (Lipinski definition) is 3. The van der Waals surface area contributed by atoms with Gasteiger partial charge < -0.3 is 4.98 Å². The number of carbonyl (C=O) groups excluding carboxylic acids is 1. The van der Waals surface area contributed by atoms with Crippen LogP contribution in [0.1, 0.15) is 10.4 Å². The molecule has 0 aliphatic carbocycles. The van der Waals surface area contributed by atoms with Crippen molar-refractivity contribution >= 4 is 34.4 Å². The van der Waals surface area contributed by atoms with Crippen LogP contribution in [0, 0.1) is 0 Å². The number of pyridine rings is 2. The Hall–Kier alpha value is -2.60. The van der Waals surface area contributed by atoms with Crippen LogP contribution in [-0.4, -0.2) is 20.9 Å². The lowest BCUT2D eigenvalue weighted by atomic mass is 10.2. The number of amides is 1. The Bertz CT molecular complexity index is 770. The minimum Gasteiger partial charge on any atom is -0.346 e. The summed E-state index contributed by atoms with van der Waals surface area (Å²) in [6.07, 6.45) is 4.84. The van der Waals surface area contributed by atoms with Crippen LogP contribution >= 0.6 is 11.6 Å². The molecule has 100 valence electrons. The predicted octanol–water partition coefficient (Wildman–Crippen LogP) is 2.37. The molecule has 20 heavy (non-hydrogen) atoms. The summed E-state index contributed by atoms with van der Waals surface area (Å²) in [6, 6.07) is 6.98. The summed E-state index contributed by atoms with van der Waals surface area (Å²) in [6.45, 7) is 0. The molecule has 6 nitrogen and oxygen atoms in total. The second-order valence-electron chi connectivity index (χ2n) is 4.05. The number of aromatic amines is 1. The Morgan fingerprint density at radius 3 is 3.05 bits per heavy atom. The zero-order valence-corrected chi connectivity index (χ0v) is 11.0. The van der Waals surface area contributed by atoms with Crippen LogP contribution in [0.2, 0.25) is 5.02 Å². The third-order valence-corrected chi connectivity index (χ3v) is 3.02. The Kier molecular flexibility index (Phi) is 3.22. The fourth-order valence-corrected chi connectivity index (χ4v) is 1.90. The van der Waals surface area contributed by atoms with Crippen molar-refractivity contribution in [1.29, 1.82) is 0 Å². The van der Waals surface area contributed by atoms with Crippen LogP contribution < -0.4 is 10.9 Å². The van der Waals surface area contributed by atoms with Crippen molar-refractivity contribution in [3.63, 3.8) is 0 Å². The highest BCUT2D eigenvalue weighted by Crippen LogP contribution is 2.16. The Labute approximate surface area is 119 Å². The zero-order chi connectivity index (χ0) is 13.9. The van der Waals surface area contributed by atoms with Gasteiger partial charge in [-0.1, -0.05) is 11.6 Å². The van der Waals surface area contributed by atoms with Crippen molar-refractivity contribution in [3.05, 3.63) is 53.4 Å². The third-order valence-electron chi connectivity index (χ3n) is 2.72. The molecule has 0 aliphatic rings. The van der Waals surface area contributed by atoms with Crippen molar-refractivity contribution in [2.45, 2.75) is 0 Å². The number of nitrogens with one attached hydrogen (secondary N) is 3. The number of aromatic nitrogens is 3. The van der Waals surface area contributed by atoms with E-state index < -0.39 is 0 Å². The number of hydrazine groups is 1. The fourth-order valence-electron chi connectivity index (χ4n) is 1.73. The van der Waals surface area contributed by atoms with Crippen molar-refractivity contribution in [3.8, 4) is 0 Å². The molecule has 7 heteroatoms. The normalized spacial score (nSPS) is 10.4. The van der Waals surface area contributed by atoms with E-state index in [4.69, 9.17) is 11.6 Å². The second-order valence-corrected chi connectivity index (χ2v) is 4.46. The Morgan fingerprint density at radius 1 is 1.30 bits per heavy atom. The van der Waals surface area contributed by atoms with Crippen LogP contribution in [-0.2, 0) is 0 Å². The lowest BCUT2D eigenvalue weighted by molar-refractivity contribution is 0.0962. The fraction of sp³-hybridized carbons (Fsp3) is 0. The molecule has 3 heterocycles. The van der Waals surface area contributed by atoms with Gasteiger partial charge in [-0.15, -0.1) is 0 Å². The van der Waals surface area contributed by atoms with E-state index in [1.165, 1.54) is 6.20 Å². The van der Waals surface area contributed by atoms with Crippen LogP contribution in [0.15, 0.2) is 42.9 Å². The van der Waals surface area contributed by atoms with Gasteiger partial charge in [0, 0.05) is 24.0 Å². The van der Waals surface area contributed by atoms with Crippen molar-refractivity contribution in [2.24, 2.45) is 0 Å². The summed E-state index contributed by atoms with van der Waals surface area (Å²) < 4.78 is 0. The van der Waals surface area contributed by atoms with E-state index in [1.54, 1.807) is 30.6 Å². The van der Waals surface area contributed by atoms with Crippen LogP contribution in [0.5, 0.6) is 0 Å². The number of fused-ring (bicyclic) bond motifs is 1. The molecule has 0 fully saturated rings. The molecule has 0 unspecified atom stereocenters. The summed E-state index contributed by atoms with van der Waals surface area (Å²) in [5.41, 5.74) is 6.38. The van der Waals surface area contributed by atoms with Gasteiger partial charge >= 0.3 is 0 Å². The molecule has 0 spiro atoms. The highest BCUT2D eigenvalue weighted by Gasteiger charge is 2.08. The van der Waals surface area contributed by atoms with Crippen molar-refractivity contribution in [2.75, 3.05) is 5.43 Å². The van der Waals surface area contributed by atoms with Gasteiger partial charge in [-0.05, 0) is 24.3 Å². The molecule has 3 aromatic heterocycles. The van der Waals surface area contributed by atoms with Gasteiger partial charge in [0.1, 0.15) is 5.65 Å². The molecule has 0 radical (unpaired) electrons. The highest BCUT2D eigenvalue weighted by atomic mass is 35.5. The molecule has 3 rings (SSSR count). The van der Waals surface area contributed by atoms with Crippen molar-refractivity contribution < 1.29 is 4.79 Å². The number of nitrogens with zero attached hydrogens (tertiary/aromatic N) is 2. The van der Waals surface area contributed by atoms with Gasteiger partial charge in [-0.3, -0.25) is 15.6 Å². The van der Waals surface area contributed by atoms with Gasteiger partial charge in [0.25, 0.3) is 5.91 Å². The molecule has 1 amide bonds. The SMILES string of the molecule is O=C(NNc1ncccc1Cl)c1cnc2[nH]ccc2c1. The van der Waals surface area contributed by atoms with E-state index in [0.717, 1.165) is 11.0 Å². The zero-order valence-electron chi connectivity index (χ0n) is 10.2. The monoisotopic (exact) mass is 287 g/mol. The largest absolute Gasteiger partial charge is 0.346 e. The van der Waals surface area contributed by atoms with Gasteiger partial charge in [-0.2, -0.15) is 0 Å². The lowest BCUT2D eigenvalue weighted by Gasteiger charge is -2.08. The molecule has 0 saturated carbocycles. The summed E-state index contributed by atoms with van der Waals surface area (Å²) >= 11 is 5.92. The number of carbonyl (C=O) groups is 1. The van der Waals surface area contributed by atoms with E-state index in [0.29, 0.717) is 16.4 Å². The average molecular weight is 288 g/mol. The first-order valence-electron chi connectivity index (χ1n) is 5.84. The topological polar surface area (TPSA) is 82.7 Å². The molecule has 0 bridgehead atoms. The number of H-pyrrole nitrogens is 1. The number of rotatable bonds is 3. The Morgan fingerprint density at radius 2 is 2.20 bits per heavy atom. The van der Waals surface area contributed by atoms with E-state index in [9.17, 15) is 4.79 Å². The van der Waals surface area contributed by atoms with Crippen molar-refractivity contribution in [1.82, 2.24) is 20.4 Å². The minimum atomic E-state index is -0.317. The molecule has 3 N–H and O–H groups in total. The summed E-state index contributed by atoms with van der Waals surface area (Å²) in [4.78, 5) is 23.1. The summed E-state index contributed by atoms with van der Waals surface area (Å²) in [5, 5.41) is 1.29.